The second-order valence-corrected chi connectivity index (χ2v) is 8.85. The molecular formula is C26H31N5O2. The van der Waals surface area contributed by atoms with E-state index < -0.39 is 0 Å². The van der Waals surface area contributed by atoms with E-state index in [1.54, 1.807) is 7.11 Å². The van der Waals surface area contributed by atoms with Gasteiger partial charge in [0.2, 0.25) is 5.91 Å². The van der Waals surface area contributed by atoms with E-state index in [-0.39, 0.29) is 11.8 Å². The summed E-state index contributed by atoms with van der Waals surface area (Å²) in [4.78, 5) is 21.8. The monoisotopic (exact) mass is 445 g/mol. The molecule has 2 aromatic carbocycles. The summed E-state index contributed by atoms with van der Waals surface area (Å²) in [5.41, 5.74) is 2.31. The largest absolute Gasteiger partial charge is 0.495 e. The number of amides is 1. The number of pyridine rings is 1. The van der Waals surface area contributed by atoms with Crippen molar-refractivity contribution in [2.75, 3.05) is 61.9 Å². The fourth-order valence-electron chi connectivity index (χ4n) is 5.01. The average molecular weight is 446 g/mol. The van der Waals surface area contributed by atoms with Crippen LogP contribution in [0.25, 0.3) is 10.8 Å². The van der Waals surface area contributed by atoms with Gasteiger partial charge in [-0.15, -0.1) is 0 Å². The number of rotatable bonds is 6. The molecule has 2 N–H and O–H groups in total. The first-order valence-electron chi connectivity index (χ1n) is 11.7. The highest BCUT2D eigenvalue weighted by Gasteiger charge is 2.26. The number of carbonyl (C=O) groups excluding carboxylic acids is 1. The molecule has 1 atom stereocenters. The highest BCUT2D eigenvalue weighted by atomic mass is 16.5. The van der Waals surface area contributed by atoms with E-state index in [1.165, 1.54) is 11.1 Å². The number of hydrogen-bond acceptors (Lipinski definition) is 6. The molecule has 3 aromatic rings. The number of anilines is 3. The first kappa shape index (κ1) is 21.5. The number of nitrogens with one attached hydrogen (secondary N) is 2. The molecule has 33 heavy (non-hydrogen) atoms. The average Bonchev–Trinajstić information content (AvgIpc) is 2.84. The number of carbonyl (C=O) groups is 1. The zero-order valence-electron chi connectivity index (χ0n) is 19.3. The Hall–Kier alpha value is -3.32. The van der Waals surface area contributed by atoms with Gasteiger partial charge in [0.05, 0.1) is 12.8 Å². The fourth-order valence-corrected chi connectivity index (χ4v) is 5.01. The Kier molecular flexibility index (Phi) is 6.05. The van der Waals surface area contributed by atoms with Gasteiger partial charge in [0, 0.05) is 56.6 Å². The van der Waals surface area contributed by atoms with Gasteiger partial charge in [0.1, 0.15) is 17.4 Å². The minimum atomic E-state index is 0.0386. The van der Waals surface area contributed by atoms with Crippen LogP contribution in [-0.2, 0) is 4.79 Å². The molecule has 1 unspecified atom stereocenters. The van der Waals surface area contributed by atoms with Crippen molar-refractivity contribution >= 4 is 34.0 Å². The van der Waals surface area contributed by atoms with Gasteiger partial charge in [0.25, 0.3) is 0 Å². The summed E-state index contributed by atoms with van der Waals surface area (Å²) < 4.78 is 5.53. The summed E-state index contributed by atoms with van der Waals surface area (Å²) in [5, 5.41) is 8.80. The predicted molar refractivity (Wildman–Crippen MR) is 134 cm³/mol. The molecule has 3 heterocycles. The zero-order valence-corrected chi connectivity index (χ0v) is 19.3. The number of fused-ring (bicyclic) bond motifs is 3. The van der Waals surface area contributed by atoms with Crippen molar-refractivity contribution in [3.8, 4) is 5.75 Å². The molecule has 1 amide bonds. The van der Waals surface area contributed by atoms with Crippen LogP contribution in [0.3, 0.4) is 0 Å². The molecule has 172 valence electrons. The standard InChI is InChI=1S/C26H31N5O2/c1-18-17-23(32)28-26-24(18)19-7-3-4-8-20(19)25(29-26)27-11-12-30-13-15-31(16-14-30)21-9-5-6-10-22(21)33-2/h3-10,18H,11-17H2,1-2H3,(H2,27,28,29,32). The summed E-state index contributed by atoms with van der Waals surface area (Å²) in [6, 6.07) is 16.6. The Bertz CT molecular complexity index is 1160. The third-order valence-corrected chi connectivity index (χ3v) is 6.71. The Labute approximate surface area is 194 Å². The Morgan fingerprint density at radius 3 is 2.58 bits per heavy atom. The molecule has 0 spiro atoms. The fraction of sp³-hybridized carbons (Fsp3) is 0.385. The van der Waals surface area contributed by atoms with E-state index >= 15 is 0 Å². The lowest BCUT2D eigenvalue weighted by Crippen LogP contribution is -2.47. The molecule has 1 saturated heterocycles. The van der Waals surface area contributed by atoms with E-state index in [4.69, 9.17) is 9.72 Å². The topological polar surface area (TPSA) is 69.7 Å². The van der Waals surface area contributed by atoms with Gasteiger partial charge in [-0.3, -0.25) is 9.69 Å². The SMILES string of the molecule is COc1ccccc1N1CCN(CCNc2nc3c(c4ccccc24)C(C)CC(=O)N3)CC1. The molecule has 0 radical (unpaired) electrons. The van der Waals surface area contributed by atoms with Crippen molar-refractivity contribution in [1.82, 2.24) is 9.88 Å². The molecule has 0 saturated carbocycles. The third kappa shape index (κ3) is 4.33. The zero-order chi connectivity index (χ0) is 22.8. The summed E-state index contributed by atoms with van der Waals surface area (Å²) in [6.07, 6.45) is 0.506. The van der Waals surface area contributed by atoms with Crippen LogP contribution in [0.1, 0.15) is 24.8 Å². The van der Waals surface area contributed by atoms with E-state index in [2.05, 4.69) is 57.7 Å². The molecule has 2 aliphatic rings. The molecule has 7 heteroatoms. The highest BCUT2D eigenvalue weighted by molar-refractivity contribution is 6.03. The lowest BCUT2D eigenvalue weighted by molar-refractivity contribution is -0.116. The number of piperazine rings is 1. The van der Waals surface area contributed by atoms with Gasteiger partial charge in [-0.2, -0.15) is 0 Å². The maximum Gasteiger partial charge on any atom is 0.226 e. The predicted octanol–water partition coefficient (Wildman–Crippen LogP) is 3.92. The highest BCUT2D eigenvalue weighted by Crippen LogP contribution is 2.38. The lowest BCUT2D eigenvalue weighted by atomic mass is 9.90. The smallest absolute Gasteiger partial charge is 0.226 e. The molecule has 0 bridgehead atoms. The summed E-state index contributed by atoms with van der Waals surface area (Å²) in [6.45, 7) is 7.80. The number of benzene rings is 2. The van der Waals surface area contributed by atoms with Crippen molar-refractivity contribution in [3.63, 3.8) is 0 Å². The maximum atomic E-state index is 12.1. The van der Waals surface area contributed by atoms with Gasteiger partial charge in [-0.25, -0.2) is 4.98 Å². The van der Waals surface area contributed by atoms with E-state index in [0.717, 1.165) is 61.8 Å². The first-order valence-corrected chi connectivity index (χ1v) is 11.7. The molecule has 0 aliphatic carbocycles. The van der Waals surface area contributed by atoms with Crippen molar-refractivity contribution in [2.45, 2.75) is 19.3 Å². The first-order chi connectivity index (χ1) is 16.1. The van der Waals surface area contributed by atoms with Crippen LogP contribution in [0.15, 0.2) is 48.5 Å². The molecule has 2 aliphatic heterocycles. The van der Waals surface area contributed by atoms with Crippen molar-refractivity contribution in [3.05, 3.63) is 54.1 Å². The minimum Gasteiger partial charge on any atom is -0.495 e. The van der Waals surface area contributed by atoms with Crippen LogP contribution in [0.4, 0.5) is 17.3 Å². The van der Waals surface area contributed by atoms with Crippen LogP contribution in [0.2, 0.25) is 0 Å². The van der Waals surface area contributed by atoms with Gasteiger partial charge < -0.3 is 20.3 Å². The van der Waals surface area contributed by atoms with Gasteiger partial charge in [-0.05, 0) is 23.4 Å². The van der Waals surface area contributed by atoms with Crippen molar-refractivity contribution in [2.24, 2.45) is 0 Å². The van der Waals surface area contributed by atoms with Crippen LogP contribution in [0.5, 0.6) is 5.75 Å². The van der Waals surface area contributed by atoms with Gasteiger partial charge in [-0.1, -0.05) is 43.3 Å². The van der Waals surface area contributed by atoms with E-state index in [0.29, 0.717) is 12.2 Å². The minimum absolute atomic E-state index is 0.0386. The normalized spacial score (nSPS) is 18.7. The Balaban J connectivity index is 1.24. The second-order valence-electron chi connectivity index (χ2n) is 8.85. The number of ether oxygens (including phenoxy) is 1. The van der Waals surface area contributed by atoms with E-state index in [9.17, 15) is 4.79 Å². The van der Waals surface area contributed by atoms with Gasteiger partial charge >= 0.3 is 0 Å². The van der Waals surface area contributed by atoms with Crippen LogP contribution in [0, 0.1) is 0 Å². The number of hydrogen-bond donors (Lipinski definition) is 2. The van der Waals surface area contributed by atoms with Crippen LogP contribution in [-0.4, -0.2) is 62.2 Å². The molecule has 5 rings (SSSR count). The molecule has 7 nitrogen and oxygen atoms in total. The van der Waals surface area contributed by atoms with Crippen LogP contribution >= 0.6 is 0 Å². The number of nitrogens with zero attached hydrogens (tertiary/aromatic N) is 3. The van der Waals surface area contributed by atoms with Crippen LogP contribution < -0.4 is 20.3 Å². The van der Waals surface area contributed by atoms with Gasteiger partial charge in [0.15, 0.2) is 0 Å². The number of methoxy groups -OCH3 is 1. The lowest BCUT2D eigenvalue weighted by Gasteiger charge is -2.36. The van der Waals surface area contributed by atoms with E-state index in [1.807, 2.05) is 18.2 Å². The Morgan fingerprint density at radius 1 is 1.06 bits per heavy atom. The summed E-state index contributed by atoms with van der Waals surface area (Å²) in [5.74, 6) is 2.67. The van der Waals surface area contributed by atoms with Crippen molar-refractivity contribution < 1.29 is 9.53 Å². The molecular weight excluding hydrogens is 414 g/mol. The quantitative estimate of drug-likeness (QED) is 0.599. The number of para-hydroxylation sites is 2. The molecule has 1 fully saturated rings. The second kappa shape index (κ2) is 9.27. The molecule has 1 aromatic heterocycles. The Morgan fingerprint density at radius 2 is 1.79 bits per heavy atom. The number of aromatic nitrogens is 1. The maximum absolute atomic E-state index is 12.1. The third-order valence-electron chi connectivity index (χ3n) is 6.71. The summed E-state index contributed by atoms with van der Waals surface area (Å²) in [7, 11) is 1.73. The van der Waals surface area contributed by atoms with Crippen molar-refractivity contribution in [1.29, 1.82) is 0 Å². The summed E-state index contributed by atoms with van der Waals surface area (Å²) >= 11 is 0.